The maximum Gasteiger partial charge on any atom is 0.247 e. The summed E-state index contributed by atoms with van der Waals surface area (Å²) in [7, 11) is 1.70. The predicted molar refractivity (Wildman–Crippen MR) is 151 cm³/mol. The summed E-state index contributed by atoms with van der Waals surface area (Å²) in [5, 5.41) is 3.25. The zero-order valence-electron chi connectivity index (χ0n) is 24.6. The second kappa shape index (κ2) is 11.1. The van der Waals surface area contributed by atoms with Crippen molar-refractivity contribution in [2.24, 2.45) is 10.8 Å². The third-order valence-corrected chi connectivity index (χ3v) is 9.13. The summed E-state index contributed by atoms with van der Waals surface area (Å²) in [5.74, 6) is -0.216. The van der Waals surface area contributed by atoms with Crippen LogP contribution in [0.25, 0.3) is 0 Å². The van der Waals surface area contributed by atoms with Gasteiger partial charge in [0.15, 0.2) is 0 Å². The van der Waals surface area contributed by atoms with Crippen molar-refractivity contribution >= 4 is 23.4 Å². The molecule has 3 amide bonds. The Kier molecular flexibility index (Phi) is 8.31. The van der Waals surface area contributed by atoms with E-state index < -0.39 is 16.4 Å². The van der Waals surface area contributed by atoms with E-state index in [1.54, 1.807) is 25.8 Å². The molecule has 1 aromatic carbocycles. The van der Waals surface area contributed by atoms with Crippen molar-refractivity contribution in [1.82, 2.24) is 20.0 Å². The van der Waals surface area contributed by atoms with Gasteiger partial charge in [0.1, 0.15) is 11.4 Å². The van der Waals surface area contributed by atoms with E-state index in [1.165, 1.54) is 12.1 Å². The number of halogens is 1. The van der Waals surface area contributed by atoms with Gasteiger partial charge in [-0.1, -0.05) is 20.8 Å². The SMILES string of the molecule is CN(C(=O)C(C)(C)C)C(C)(C)C(=O)N1CCC2(CC1)C[C@H](CCN1CCN(c3ccc(F)cc3)CC1)NC2=O. The molecular formula is C30H46FN5O3. The molecule has 8 nitrogen and oxygen atoms in total. The number of hydrogen-bond acceptors (Lipinski definition) is 5. The Morgan fingerprint density at radius 2 is 1.59 bits per heavy atom. The fourth-order valence-electron chi connectivity index (χ4n) is 6.20. The van der Waals surface area contributed by atoms with E-state index in [4.69, 9.17) is 0 Å². The summed E-state index contributed by atoms with van der Waals surface area (Å²) in [5.41, 5.74) is -0.858. The minimum atomic E-state index is -0.948. The predicted octanol–water partition coefficient (Wildman–Crippen LogP) is 3.12. The van der Waals surface area contributed by atoms with E-state index in [2.05, 4.69) is 15.1 Å². The number of nitrogens with zero attached hydrogens (tertiary/aromatic N) is 4. The Balaban J connectivity index is 1.24. The smallest absolute Gasteiger partial charge is 0.247 e. The van der Waals surface area contributed by atoms with Crippen LogP contribution in [-0.4, -0.2) is 96.9 Å². The molecule has 0 aromatic heterocycles. The van der Waals surface area contributed by atoms with Crippen LogP contribution >= 0.6 is 0 Å². The lowest BCUT2D eigenvalue weighted by Gasteiger charge is -2.44. The molecule has 9 heteroatoms. The first-order valence-corrected chi connectivity index (χ1v) is 14.3. The number of carbonyl (C=O) groups is 3. The molecule has 0 saturated carbocycles. The Morgan fingerprint density at radius 3 is 2.15 bits per heavy atom. The number of likely N-dealkylation sites (N-methyl/N-ethyl adjacent to an activating group) is 1. The molecule has 3 saturated heterocycles. The highest BCUT2D eigenvalue weighted by atomic mass is 19.1. The molecule has 216 valence electrons. The van der Waals surface area contributed by atoms with Crippen LogP contribution in [0.5, 0.6) is 0 Å². The van der Waals surface area contributed by atoms with Gasteiger partial charge in [-0.25, -0.2) is 4.39 Å². The monoisotopic (exact) mass is 543 g/mol. The number of benzene rings is 1. The average Bonchev–Trinajstić information content (AvgIpc) is 3.21. The summed E-state index contributed by atoms with van der Waals surface area (Å²) >= 11 is 0. The van der Waals surface area contributed by atoms with Gasteiger partial charge in [0.05, 0.1) is 5.41 Å². The molecule has 4 rings (SSSR count). The van der Waals surface area contributed by atoms with Crippen LogP contribution in [0.4, 0.5) is 10.1 Å². The minimum Gasteiger partial charge on any atom is -0.369 e. The van der Waals surface area contributed by atoms with Gasteiger partial charge in [-0.05, 0) is 63.8 Å². The van der Waals surface area contributed by atoms with E-state index in [1.807, 2.05) is 37.8 Å². The third kappa shape index (κ3) is 6.23. The van der Waals surface area contributed by atoms with Crippen LogP contribution in [0.3, 0.4) is 0 Å². The van der Waals surface area contributed by atoms with E-state index in [9.17, 15) is 18.8 Å². The number of likely N-dealkylation sites (tertiary alicyclic amines) is 1. The molecule has 3 heterocycles. The first kappa shape index (κ1) is 29.3. The van der Waals surface area contributed by atoms with Crippen LogP contribution in [0.15, 0.2) is 24.3 Å². The van der Waals surface area contributed by atoms with Crippen molar-refractivity contribution in [3.05, 3.63) is 30.1 Å². The molecule has 3 aliphatic heterocycles. The van der Waals surface area contributed by atoms with Crippen molar-refractivity contribution < 1.29 is 18.8 Å². The van der Waals surface area contributed by atoms with Gasteiger partial charge in [0.25, 0.3) is 0 Å². The molecule has 1 N–H and O–H groups in total. The van der Waals surface area contributed by atoms with Crippen molar-refractivity contribution in [2.45, 2.75) is 71.9 Å². The number of nitrogens with one attached hydrogen (secondary N) is 1. The lowest BCUT2D eigenvalue weighted by Crippen LogP contribution is -2.60. The fraction of sp³-hybridized carbons (Fsp3) is 0.700. The van der Waals surface area contributed by atoms with Gasteiger partial charge in [0.2, 0.25) is 17.7 Å². The van der Waals surface area contributed by atoms with Crippen LogP contribution in [0.2, 0.25) is 0 Å². The molecule has 0 unspecified atom stereocenters. The minimum absolute atomic E-state index is 0.0628. The van der Waals surface area contributed by atoms with Crippen molar-refractivity contribution in [2.75, 3.05) is 57.8 Å². The van der Waals surface area contributed by atoms with Crippen LogP contribution in [0.1, 0.15) is 60.3 Å². The summed E-state index contributed by atoms with van der Waals surface area (Å²) < 4.78 is 13.2. The number of rotatable bonds is 6. The van der Waals surface area contributed by atoms with E-state index in [0.29, 0.717) is 25.9 Å². The summed E-state index contributed by atoms with van der Waals surface area (Å²) in [6, 6.07) is 6.84. The molecule has 3 aliphatic rings. The molecule has 1 atom stereocenters. The Labute approximate surface area is 232 Å². The van der Waals surface area contributed by atoms with E-state index in [0.717, 1.165) is 51.3 Å². The third-order valence-electron chi connectivity index (χ3n) is 9.13. The number of hydrogen-bond donors (Lipinski definition) is 1. The first-order valence-electron chi connectivity index (χ1n) is 14.3. The normalized spacial score (nSPS) is 22.2. The Bertz CT molecular complexity index is 1050. The molecule has 39 heavy (non-hydrogen) atoms. The van der Waals surface area contributed by atoms with Crippen molar-refractivity contribution in [3.8, 4) is 0 Å². The summed E-state index contributed by atoms with van der Waals surface area (Å²) in [6.45, 7) is 14.9. The average molecular weight is 544 g/mol. The fourth-order valence-corrected chi connectivity index (χ4v) is 6.20. The number of carbonyl (C=O) groups excluding carboxylic acids is 3. The first-order chi connectivity index (χ1) is 18.2. The Hall–Kier alpha value is -2.68. The van der Waals surface area contributed by atoms with Crippen molar-refractivity contribution in [1.29, 1.82) is 0 Å². The molecule has 1 aromatic rings. The zero-order chi connectivity index (χ0) is 28.6. The summed E-state index contributed by atoms with van der Waals surface area (Å²) in [6.07, 6.45) is 3.05. The van der Waals surface area contributed by atoms with Gasteiger partial charge in [0, 0.05) is 70.0 Å². The van der Waals surface area contributed by atoms with E-state index in [-0.39, 0.29) is 29.6 Å². The van der Waals surface area contributed by atoms with Crippen LogP contribution < -0.4 is 10.2 Å². The quantitative estimate of drug-likeness (QED) is 0.597. The standard InChI is InChI=1S/C30H46FN5O3/c1-28(2,3)26(38)33(6)29(4,5)27(39)36-15-12-30(13-16-36)21-23(32-25(30)37)11-14-34-17-19-35(20-18-34)24-9-7-22(31)8-10-24/h7-10,23H,11-21H2,1-6H3,(H,32,37)/t23-/m0/s1. The zero-order valence-corrected chi connectivity index (χ0v) is 24.6. The van der Waals surface area contributed by atoms with Crippen LogP contribution in [0, 0.1) is 16.6 Å². The number of amides is 3. The van der Waals surface area contributed by atoms with Gasteiger partial charge in [-0.3, -0.25) is 19.3 Å². The van der Waals surface area contributed by atoms with Crippen LogP contribution in [-0.2, 0) is 14.4 Å². The highest BCUT2D eigenvalue weighted by molar-refractivity contribution is 5.92. The van der Waals surface area contributed by atoms with Gasteiger partial charge in [-0.2, -0.15) is 0 Å². The maximum absolute atomic E-state index is 13.5. The maximum atomic E-state index is 13.5. The highest BCUT2D eigenvalue weighted by Crippen LogP contribution is 2.41. The largest absolute Gasteiger partial charge is 0.369 e. The van der Waals surface area contributed by atoms with Gasteiger partial charge < -0.3 is 20.0 Å². The highest BCUT2D eigenvalue weighted by Gasteiger charge is 2.50. The van der Waals surface area contributed by atoms with Crippen molar-refractivity contribution in [3.63, 3.8) is 0 Å². The van der Waals surface area contributed by atoms with E-state index >= 15 is 0 Å². The second-order valence-electron chi connectivity index (χ2n) is 13.2. The molecule has 1 spiro atoms. The molecule has 3 fully saturated rings. The number of anilines is 1. The molecular weight excluding hydrogens is 497 g/mol. The topological polar surface area (TPSA) is 76.2 Å². The number of piperidine rings is 1. The summed E-state index contributed by atoms with van der Waals surface area (Å²) in [4.78, 5) is 47.5. The lowest BCUT2D eigenvalue weighted by atomic mass is 9.75. The Morgan fingerprint density at radius 1 is 1.00 bits per heavy atom. The molecule has 0 radical (unpaired) electrons. The van der Waals surface area contributed by atoms with Gasteiger partial charge >= 0.3 is 0 Å². The lowest BCUT2D eigenvalue weighted by molar-refractivity contribution is -0.156. The number of piperazine rings is 1. The molecule has 0 bridgehead atoms. The molecule has 0 aliphatic carbocycles. The second-order valence-corrected chi connectivity index (χ2v) is 13.2. The van der Waals surface area contributed by atoms with Gasteiger partial charge in [-0.15, -0.1) is 0 Å².